The van der Waals surface area contributed by atoms with Crippen molar-refractivity contribution in [3.8, 4) is 17.2 Å². The molecule has 9 nitrogen and oxygen atoms in total. The van der Waals surface area contributed by atoms with Gasteiger partial charge in [-0.1, -0.05) is 19.9 Å². The van der Waals surface area contributed by atoms with Crippen LogP contribution in [0.15, 0.2) is 66.8 Å². The second-order valence-electron chi connectivity index (χ2n) is 10.0. The van der Waals surface area contributed by atoms with Crippen molar-refractivity contribution < 1.29 is 28.9 Å². The van der Waals surface area contributed by atoms with Crippen molar-refractivity contribution in [2.75, 3.05) is 26.9 Å². The van der Waals surface area contributed by atoms with Gasteiger partial charge < -0.3 is 28.8 Å². The van der Waals surface area contributed by atoms with E-state index in [-0.39, 0.29) is 11.3 Å². The number of ether oxygens (including phenoxy) is 3. The molecule has 2 heterocycles. The smallest absolute Gasteiger partial charge is 0.295 e. The number of benzene rings is 2. The van der Waals surface area contributed by atoms with Crippen LogP contribution in [-0.2, 0) is 16.1 Å². The number of carbonyl (C=O) groups excluding carboxylic acids is 2. The highest BCUT2D eigenvalue weighted by molar-refractivity contribution is 6.46. The number of aryl methyl sites for hydroxylation is 1. The fourth-order valence-electron chi connectivity index (χ4n) is 4.69. The lowest BCUT2D eigenvalue weighted by atomic mass is 9.95. The minimum Gasteiger partial charge on any atom is -0.507 e. The van der Waals surface area contributed by atoms with Crippen molar-refractivity contribution in [3.63, 3.8) is 0 Å². The van der Waals surface area contributed by atoms with E-state index in [1.165, 1.54) is 4.90 Å². The monoisotopic (exact) mass is 547 g/mol. The number of imidazole rings is 1. The van der Waals surface area contributed by atoms with Gasteiger partial charge in [-0.2, -0.15) is 0 Å². The first-order valence-corrected chi connectivity index (χ1v) is 13.6. The van der Waals surface area contributed by atoms with Crippen molar-refractivity contribution in [1.82, 2.24) is 14.5 Å². The molecular formula is C31H37N3O6. The Bertz CT molecular complexity index is 1330. The van der Waals surface area contributed by atoms with Gasteiger partial charge in [0, 0.05) is 31.0 Å². The van der Waals surface area contributed by atoms with Gasteiger partial charge in [0.1, 0.15) is 11.5 Å². The van der Waals surface area contributed by atoms with Crippen molar-refractivity contribution >= 4 is 17.4 Å². The third-order valence-electron chi connectivity index (χ3n) is 6.81. The molecule has 1 aliphatic heterocycles. The number of nitrogens with zero attached hydrogens (tertiary/aromatic N) is 3. The summed E-state index contributed by atoms with van der Waals surface area (Å²) in [5.74, 6) is 0.614. The van der Waals surface area contributed by atoms with Crippen LogP contribution in [0.2, 0.25) is 0 Å². The Labute approximate surface area is 235 Å². The summed E-state index contributed by atoms with van der Waals surface area (Å²) in [6.07, 6.45) is 6.74. The predicted molar refractivity (Wildman–Crippen MR) is 151 cm³/mol. The number of aliphatic hydroxyl groups excluding tert-OH is 1. The van der Waals surface area contributed by atoms with E-state index in [0.717, 1.165) is 6.42 Å². The summed E-state index contributed by atoms with van der Waals surface area (Å²) in [7, 11) is 1.55. The summed E-state index contributed by atoms with van der Waals surface area (Å²) >= 11 is 0. The number of Topliss-reactive ketones (excluding diaryl/α,β-unsaturated/α-hetero) is 1. The largest absolute Gasteiger partial charge is 0.507 e. The number of aliphatic hydroxyl groups is 1. The number of aromatic nitrogens is 2. The third kappa shape index (κ3) is 6.47. The van der Waals surface area contributed by atoms with E-state index in [2.05, 4.69) is 18.8 Å². The summed E-state index contributed by atoms with van der Waals surface area (Å²) in [6.45, 7) is 8.05. The molecule has 0 spiro atoms. The minimum absolute atomic E-state index is 0.0359. The first kappa shape index (κ1) is 28.7. The van der Waals surface area contributed by atoms with Crippen LogP contribution in [0.3, 0.4) is 0 Å². The van der Waals surface area contributed by atoms with Gasteiger partial charge in [0.05, 0.1) is 38.3 Å². The van der Waals surface area contributed by atoms with Gasteiger partial charge in [-0.3, -0.25) is 9.59 Å². The predicted octanol–water partition coefficient (Wildman–Crippen LogP) is 5.23. The highest BCUT2D eigenvalue weighted by Gasteiger charge is 2.46. The van der Waals surface area contributed by atoms with E-state index in [1.807, 2.05) is 23.8 Å². The number of amides is 1. The molecule has 3 aromatic rings. The second kappa shape index (κ2) is 13.2. The molecule has 2 aromatic carbocycles. The molecule has 1 fully saturated rings. The van der Waals surface area contributed by atoms with Gasteiger partial charge in [0.2, 0.25) is 0 Å². The number of methoxy groups -OCH3 is 1. The van der Waals surface area contributed by atoms with Gasteiger partial charge >= 0.3 is 0 Å². The van der Waals surface area contributed by atoms with E-state index in [9.17, 15) is 14.7 Å². The second-order valence-corrected chi connectivity index (χ2v) is 10.0. The van der Waals surface area contributed by atoms with E-state index in [1.54, 1.807) is 56.0 Å². The Morgan fingerprint density at radius 2 is 1.82 bits per heavy atom. The maximum atomic E-state index is 13.4. The molecule has 212 valence electrons. The minimum atomic E-state index is -0.797. The van der Waals surface area contributed by atoms with Gasteiger partial charge in [-0.05, 0) is 67.6 Å². The zero-order valence-corrected chi connectivity index (χ0v) is 23.5. The van der Waals surface area contributed by atoms with E-state index < -0.39 is 17.7 Å². The molecule has 40 heavy (non-hydrogen) atoms. The van der Waals surface area contributed by atoms with Crippen LogP contribution >= 0.6 is 0 Å². The fourth-order valence-corrected chi connectivity index (χ4v) is 4.69. The van der Waals surface area contributed by atoms with Gasteiger partial charge in [-0.15, -0.1) is 0 Å². The number of ketones is 1. The van der Waals surface area contributed by atoms with Crippen LogP contribution in [0, 0.1) is 5.92 Å². The number of carbonyl (C=O) groups is 2. The van der Waals surface area contributed by atoms with Crippen LogP contribution in [0.1, 0.15) is 50.8 Å². The van der Waals surface area contributed by atoms with Crippen LogP contribution < -0.4 is 14.2 Å². The Balaban J connectivity index is 1.73. The zero-order valence-electron chi connectivity index (χ0n) is 23.5. The summed E-state index contributed by atoms with van der Waals surface area (Å²) in [5, 5.41) is 11.4. The Kier molecular flexibility index (Phi) is 9.47. The van der Waals surface area contributed by atoms with Crippen LogP contribution in [0.5, 0.6) is 17.2 Å². The van der Waals surface area contributed by atoms with Crippen molar-refractivity contribution in [1.29, 1.82) is 0 Å². The number of rotatable bonds is 13. The molecule has 0 saturated carbocycles. The SMILES string of the molecule is CCOc1cc(C2/C(=C(\O)c3ccc(OC)cc3)C(=O)C(=O)N2CCCn2ccnc2)ccc1OCCC(C)C. The lowest BCUT2D eigenvalue weighted by molar-refractivity contribution is -0.139. The molecule has 0 radical (unpaired) electrons. The summed E-state index contributed by atoms with van der Waals surface area (Å²) in [5.41, 5.74) is 1.10. The lowest BCUT2D eigenvalue weighted by Crippen LogP contribution is -2.31. The summed E-state index contributed by atoms with van der Waals surface area (Å²) < 4.78 is 19.0. The molecule has 1 amide bonds. The first-order valence-electron chi connectivity index (χ1n) is 13.6. The van der Waals surface area contributed by atoms with Gasteiger partial charge in [-0.25, -0.2) is 4.98 Å². The van der Waals surface area contributed by atoms with E-state index >= 15 is 0 Å². The summed E-state index contributed by atoms with van der Waals surface area (Å²) in [6, 6.07) is 11.4. The Morgan fingerprint density at radius 3 is 2.48 bits per heavy atom. The molecular weight excluding hydrogens is 510 g/mol. The molecule has 1 atom stereocenters. The van der Waals surface area contributed by atoms with Crippen LogP contribution in [0.4, 0.5) is 0 Å². The van der Waals surface area contributed by atoms with E-state index in [0.29, 0.717) is 67.0 Å². The fraction of sp³-hybridized carbons (Fsp3) is 0.387. The number of likely N-dealkylation sites (tertiary alicyclic amines) is 1. The highest BCUT2D eigenvalue weighted by Crippen LogP contribution is 2.42. The lowest BCUT2D eigenvalue weighted by Gasteiger charge is -2.26. The molecule has 0 bridgehead atoms. The molecule has 1 unspecified atom stereocenters. The molecule has 9 heteroatoms. The van der Waals surface area contributed by atoms with Crippen molar-refractivity contribution in [2.24, 2.45) is 5.92 Å². The molecule has 0 aliphatic carbocycles. The zero-order chi connectivity index (χ0) is 28.6. The Hall–Kier alpha value is -4.27. The highest BCUT2D eigenvalue weighted by atomic mass is 16.5. The van der Waals surface area contributed by atoms with Gasteiger partial charge in [0.25, 0.3) is 11.7 Å². The Morgan fingerprint density at radius 1 is 1.05 bits per heavy atom. The maximum Gasteiger partial charge on any atom is 0.295 e. The molecule has 4 rings (SSSR count). The number of hydrogen-bond acceptors (Lipinski definition) is 7. The standard InChI is InChI=1S/C31H37N3O6/c1-5-39-26-19-23(9-12-25(26)40-18-13-21(2)3)28-27(29(35)22-7-10-24(38-4)11-8-22)30(36)31(37)34(28)16-6-15-33-17-14-32-20-33/h7-12,14,17,19-21,28,35H,5-6,13,15-16,18H2,1-4H3/b29-27+. The summed E-state index contributed by atoms with van der Waals surface area (Å²) in [4.78, 5) is 32.3. The quantitative estimate of drug-likeness (QED) is 0.178. The third-order valence-corrected chi connectivity index (χ3v) is 6.81. The number of hydrogen-bond donors (Lipinski definition) is 1. The molecule has 1 aliphatic rings. The topological polar surface area (TPSA) is 103 Å². The van der Waals surface area contributed by atoms with Crippen LogP contribution in [-0.4, -0.2) is 58.1 Å². The van der Waals surface area contributed by atoms with E-state index in [4.69, 9.17) is 14.2 Å². The average molecular weight is 548 g/mol. The van der Waals surface area contributed by atoms with Crippen molar-refractivity contribution in [3.05, 3.63) is 77.9 Å². The maximum absolute atomic E-state index is 13.4. The average Bonchev–Trinajstić information content (AvgIpc) is 3.56. The van der Waals surface area contributed by atoms with Crippen LogP contribution in [0.25, 0.3) is 5.76 Å². The molecule has 1 aromatic heterocycles. The molecule has 1 N–H and O–H groups in total. The van der Waals surface area contributed by atoms with Gasteiger partial charge in [0.15, 0.2) is 11.5 Å². The van der Waals surface area contributed by atoms with Crippen molar-refractivity contribution in [2.45, 2.75) is 46.2 Å². The normalized spacial score (nSPS) is 16.5. The first-order chi connectivity index (χ1) is 19.3. The molecule has 1 saturated heterocycles.